The number of rotatable bonds is 3. The van der Waals surface area contributed by atoms with E-state index in [0.717, 1.165) is 19.5 Å². The second kappa shape index (κ2) is 6.63. The lowest BCUT2D eigenvalue weighted by atomic mass is 9.92. The number of aryl methyl sites for hydroxylation is 1. The molecular formula is C18H23N3O3. The molecule has 6 nitrogen and oxygen atoms in total. The van der Waals surface area contributed by atoms with E-state index in [-0.39, 0.29) is 30.0 Å². The maximum absolute atomic E-state index is 12.4. The molecular weight excluding hydrogens is 306 g/mol. The normalized spacial score (nSPS) is 21.2. The zero-order valence-corrected chi connectivity index (χ0v) is 14.1. The molecule has 1 aromatic heterocycles. The number of likely N-dealkylation sites (tertiary alicyclic amines) is 1. The van der Waals surface area contributed by atoms with Gasteiger partial charge in [-0.25, -0.2) is 4.68 Å². The number of aromatic nitrogens is 2. The van der Waals surface area contributed by atoms with Gasteiger partial charge in [-0.2, -0.15) is 0 Å². The van der Waals surface area contributed by atoms with Crippen LogP contribution in [0.25, 0.3) is 10.8 Å². The van der Waals surface area contributed by atoms with Gasteiger partial charge in [0.05, 0.1) is 17.3 Å². The Morgan fingerprint density at radius 1 is 1.12 bits per heavy atom. The van der Waals surface area contributed by atoms with Gasteiger partial charge in [0.25, 0.3) is 11.1 Å². The van der Waals surface area contributed by atoms with E-state index in [4.69, 9.17) is 0 Å². The molecule has 0 spiro atoms. The van der Waals surface area contributed by atoms with Crippen molar-refractivity contribution < 1.29 is 4.79 Å². The third-order valence-corrected chi connectivity index (χ3v) is 4.65. The number of piperidine rings is 1. The van der Waals surface area contributed by atoms with E-state index in [0.29, 0.717) is 22.6 Å². The number of carbonyl (C=O) groups excluding carboxylic acids is 1. The van der Waals surface area contributed by atoms with Crippen LogP contribution in [0.3, 0.4) is 0 Å². The zero-order valence-electron chi connectivity index (χ0n) is 14.1. The largest absolute Gasteiger partial charge is 0.342 e. The van der Waals surface area contributed by atoms with Crippen molar-refractivity contribution in [1.29, 1.82) is 0 Å². The third-order valence-electron chi connectivity index (χ3n) is 4.65. The molecule has 2 aromatic rings. The van der Waals surface area contributed by atoms with Crippen LogP contribution < -0.4 is 11.1 Å². The summed E-state index contributed by atoms with van der Waals surface area (Å²) in [6, 6.07) is 6.72. The number of amides is 1. The molecule has 0 aliphatic carbocycles. The summed E-state index contributed by atoms with van der Waals surface area (Å²) in [5, 5.41) is 3.33. The van der Waals surface area contributed by atoms with Crippen LogP contribution in [0, 0.1) is 11.8 Å². The van der Waals surface area contributed by atoms with E-state index in [1.165, 1.54) is 4.68 Å². The summed E-state index contributed by atoms with van der Waals surface area (Å²) in [6.45, 7) is 6.04. The number of hydrogen-bond acceptors (Lipinski definition) is 3. The van der Waals surface area contributed by atoms with E-state index in [9.17, 15) is 14.4 Å². The minimum Gasteiger partial charge on any atom is -0.342 e. The van der Waals surface area contributed by atoms with Crippen molar-refractivity contribution in [3.63, 3.8) is 0 Å². The van der Waals surface area contributed by atoms with Gasteiger partial charge in [-0.1, -0.05) is 26.0 Å². The molecule has 24 heavy (non-hydrogen) atoms. The molecule has 2 atom stereocenters. The Hall–Kier alpha value is -2.37. The first-order chi connectivity index (χ1) is 11.5. The van der Waals surface area contributed by atoms with Crippen LogP contribution in [0.5, 0.6) is 0 Å². The van der Waals surface area contributed by atoms with E-state index < -0.39 is 0 Å². The smallest absolute Gasteiger partial charge is 0.273 e. The first-order valence-electron chi connectivity index (χ1n) is 8.45. The van der Waals surface area contributed by atoms with Crippen molar-refractivity contribution in [3.05, 3.63) is 45.0 Å². The maximum Gasteiger partial charge on any atom is 0.273 e. The minimum absolute atomic E-state index is 0.0364. The Kier molecular flexibility index (Phi) is 4.55. The molecule has 1 saturated heterocycles. The highest BCUT2D eigenvalue weighted by Crippen LogP contribution is 2.21. The minimum atomic E-state index is -0.308. The molecule has 0 unspecified atom stereocenters. The molecule has 0 saturated carbocycles. The van der Waals surface area contributed by atoms with Gasteiger partial charge < -0.3 is 4.90 Å². The van der Waals surface area contributed by atoms with Gasteiger partial charge in [-0.05, 0) is 30.4 Å². The monoisotopic (exact) mass is 329 g/mol. The van der Waals surface area contributed by atoms with Crippen LogP contribution >= 0.6 is 0 Å². The predicted octanol–water partition coefficient (Wildman–Crippen LogP) is 1.58. The molecule has 3 rings (SSSR count). The fourth-order valence-electron chi connectivity index (χ4n) is 3.64. The number of carbonyl (C=O) groups is 1. The fraction of sp³-hybridized carbons (Fsp3) is 0.500. The SMILES string of the molecule is C[C@H]1C[C@H](C)CN(C(=O)CCn2[nH]c(=O)c3ccccc3c2=O)C1. The van der Waals surface area contributed by atoms with Gasteiger partial charge in [-0.15, -0.1) is 0 Å². The van der Waals surface area contributed by atoms with Gasteiger partial charge in [0.15, 0.2) is 0 Å². The van der Waals surface area contributed by atoms with E-state index in [1.54, 1.807) is 24.3 Å². The van der Waals surface area contributed by atoms with E-state index >= 15 is 0 Å². The number of benzene rings is 1. The van der Waals surface area contributed by atoms with Crippen LogP contribution in [0.2, 0.25) is 0 Å². The molecule has 0 bridgehead atoms. The number of nitrogens with one attached hydrogen (secondary N) is 1. The summed E-state index contributed by atoms with van der Waals surface area (Å²) >= 11 is 0. The molecule has 128 valence electrons. The number of aromatic amines is 1. The maximum atomic E-state index is 12.4. The quantitative estimate of drug-likeness (QED) is 0.929. The van der Waals surface area contributed by atoms with Crippen LogP contribution in [0.15, 0.2) is 33.9 Å². The van der Waals surface area contributed by atoms with Crippen molar-refractivity contribution in [2.24, 2.45) is 11.8 Å². The van der Waals surface area contributed by atoms with Crippen molar-refractivity contribution in [3.8, 4) is 0 Å². The molecule has 1 amide bonds. The summed E-state index contributed by atoms with van der Waals surface area (Å²) in [5.74, 6) is 1.04. The molecule has 1 N–H and O–H groups in total. The van der Waals surface area contributed by atoms with Crippen LogP contribution in [0.1, 0.15) is 26.7 Å². The standard InChI is InChI=1S/C18H23N3O3/c1-12-9-13(2)11-20(10-12)16(22)7-8-21-18(24)15-6-4-3-5-14(15)17(23)19-21/h3-6,12-13H,7-11H2,1-2H3,(H,19,23)/t12-,13-/m0/s1. The summed E-state index contributed by atoms with van der Waals surface area (Å²) in [7, 11) is 0. The Morgan fingerprint density at radius 3 is 2.42 bits per heavy atom. The molecule has 1 aliphatic rings. The van der Waals surface area contributed by atoms with Crippen LogP contribution in [0.4, 0.5) is 0 Å². The number of hydrogen-bond donors (Lipinski definition) is 1. The molecule has 2 heterocycles. The van der Waals surface area contributed by atoms with Gasteiger partial charge in [0.2, 0.25) is 5.91 Å². The average molecular weight is 329 g/mol. The van der Waals surface area contributed by atoms with Gasteiger partial charge >= 0.3 is 0 Å². The molecule has 1 aromatic carbocycles. The molecule has 1 fully saturated rings. The lowest BCUT2D eigenvalue weighted by molar-refractivity contribution is -0.134. The summed E-state index contributed by atoms with van der Waals surface area (Å²) in [6.07, 6.45) is 1.36. The lowest BCUT2D eigenvalue weighted by Crippen LogP contribution is -2.43. The highest BCUT2D eigenvalue weighted by Gasteiger charge is 2.25. The average Bonchev–Trinajstić information content (AvgIpc) is 2.55. The van der Waals surface area contributed by atoms with Crippen molar-refractivity contribution >= 4 is 16.7 Å². The summed E-state index contributed by atoms with van der Waals surface area (Å²) in [4.78, 5) is 38.8. The first-order valence-corrected chi connectivity index (χ1v) is 8.45. The predicted molar refractivity (Wildman–Crippen MR) is 93.0 cm³/mol. The van der Waals surface area contributed by atoms with Gasteiger partial charge in [0.1, 0.15) is 0 Å². The topological polar surface area (TPSA) is 75.2 Å². The third kappa shape index (κ3) is 3.27. The van der Waals surface area contributed by atoms with E-state index in [1.807, 2.05) is 4.90 Å². The first kappa shape index (κ1) is 16.5. The van der Waals surface area contributed by atoms with Crippen molar-refractivity contribution in [1.82, 2.24) is 14.7 Å². The Labute approximate surface area is 140 Å². The number of fused-ring (bicyclic) bond motifs is 1. The molecule has 0 radical (unpaired) electrons. The lowest BCUT2D eigenvalue weighted by Gasteiger charge is -2.35. The van der Waals surface area contributed by atoms with Crippen LogP contribution in [-0.4, -0.2) is 33.7 Å². The Balaban J connectivity index is 1.76. The molecule has 1 aliphatic heterocycles. The van der Waals surface area contributed by atoms with Crippen molar-refractivity contribution in [2.75, 3.05) is 13.1 Å². The number of H-pyrrole nitrogens is 1. The van der Waals surface area contributed by atoms with Gasteiger partial charge in [0, 0.05) is 19.5 Å². The second-order valence-corrected chi connectivity index (χ2v) is 6.94. The summed E-state index contributed by atoms with van der Waals surface area (Å²) < 4.78 is 1.25. The van der Waals surface area contributed by atoms with Crippen LogP contribution in [-0.2, 0) is 11.3 Å². The Morgan fingerprint density at radius 2 is 1.75 bits per heavy atom. The molecule has 6 heteroatoms. The van der Waals surface area contributed by atoms with E-state index in [2.05, 4.69) is 18.9 Å². The van der Waals surface area contributed by atoms with Crippen molar-refractivity contribution in [2.45, 2.75) is 33.2 Å². The van der Waals surface area contributed by atoms with Gasteiger partial charge in [-0.3, -0.25) is 19.5 Å². The Bertz CT molecular complexity index is 858. The zero-order chi connectivity index (χ0) is 17.3. The highest BCUT2D eigenvalue weighted by molar-refractivity contribution is 5.80. The second-order valence-electron chi connectivity index (χ2n) is 6.94. The number of nitrogens with zero attached hydrogens (tertiary/aromatic N) is 2. The summed E-state index contributed by atoms with van der Waals surface area (Å²) in [5.41, 5.74) is -0.573. The highest BCUT2D eigenvalue weighted by atomic mass is 16.2. The fourth-order valence-corrected chi connectivity index (χ4v) is 3.64.